The maximum atomic E-state index is 3.87. The fraction of sp³-hybridized carbons (Fsp3) is 0.700. The minimum Gasteiger partial charge on any atom is -0.382 e. The first-order chi connectivity index (χ1) is 9.49. The Labute approximate surface area is 131 Å². The Morgan fingerprint density at radius 2 is 1.48 bits per heavy atom. The molecular weight excluding hydrogens is 254 g/mol. The fourth-order valence-corrected chi connectivity index (χ4v) is 4.43. The number of anilines is 1. The van der Waals surface area contributed by atoms with Gasteiger partial charge in [-0.25, -0.2) is 0 Å². The topological polar surface area (TPSA) is 12.0 Å². The third-order valence-electron chi connectivity index (χ3n) is 4.65. The highest BCUT2D eigenvalue weighted by Crippen LogP contribution is 2.46. The molecule has 1 saturated carbocycles. The summed E-state index contributed by atoms with van der Waals surface area (Å²) in [5.74, 6) is 0. The van der Waals surface area contributed by atoms with Crippen molar-refractivity contribution >= 4 is 5.69 Å². The average molecular weight is 287 g/mol. The van der Waals surface area contributed by atoms with Gasteiger partial charge in [0.2, 0.25) is 0 Å². The quantitative estimate of drug-likeness (QED) is 0.703. The highest BCUT2D eigenvalue weighted by atomic mass is 14.9. The molecule has 118 valence electrons. The van der Waals surface area contributed by atoms with Crippen LogP contribution in [0.1, 0.15) is 73.3 Å². The maximum absolute atomic E-state index is 3.87. The number of nitrogens with one attached hydrogen (secondary N) is 1. The predicted molar refractivity (Wildman–Crippen MR) is 94.0 cm³/mol. The standard InChI is InChI=1S/C20H33N/c1-18(2,3)16-10-8-9-11-17(16)21-15-12-19(4,5)14-20(6,7)13-15/h8-11,15,21H,12-14H2,1-7H3. The summed E-state index contributed by atoms with van der Waals surface area (Å²) in [4.78, 5) is 0. The molecule has 1 aromatic rings. The molecule has 21 heavy (non-hydrogen) atoms. The van der Waals surface area contributed by atoms with E-state index >= 15 is 0 Å². The van der Waals surface area contributed by atoms with Gasteiger partial charge in [0.1, 0.15) is 0 Å². The molecule has 1 aliphatic rings. The van der Waals surface area contributed by atoms with E-state index in [0.29, 0.717) is 16.9 Å². The van der Waals surface area contributed by atoms with Crippen LogP contribution in [0, 0.1) is 10.8 Å². The zero-order valence-electron chi connectivity index (χ0n) is 15.0. The smallest absolute Gasteiger partial charge is 0.0380 e. The first-order valence-electron chi connectivity index (χ1n) is 8.35. The molecule has 0 atom stereocenters. The van der Waals surface area contributed by atoms with E-state index in [0.717, 1.165) is 0 Å². The summed E-state index contributed by atoms with van der Waals surface area (Å²) in [6, 6.07) is 9.39. The molecule has 0 spiro atoms. The third kappa shape index (κ3) is 4.25. The molecule has 0 aromatic heterocycles. The Hall–Kier alpha value is -0.980. The summed E-state index contributed by atoms with van der Waals surface area (Å²) in [5, 5.41) is 3.87. The molecule has 0 bridgehead atoms. The zero-order chi connectivity index (χ0) is 15.9. The number of para-hydroxylation sites is 1. The van der Waals surface area contributed by atoms with Crippen LogP contribution in [-0.2, 0) is 5.41 Å². The van der Waals surface area contributed by atoms with Crippen molar-refractivity contribution in [3.63, 3.8) is 0 Å². The molecule has 0 unspecified atom stereocenters. The summed E-state index contributed by atoms with van der Waals surface area (Å²) < 4.78 is 0. The van der Waals surface area contributed by atoms with Gasteiger partial charge in [0.05, 0.1) is 0 Å². The van der Waals surface area contributed by atoms with Crippen LogP contribution in [0.25, 0.3) is 0 Å². The van der Waals surface area contributed by atoms with Crippen molar-refractivity contribution < 1.29 is 0 Å². The number of hydrogen-bond acceptors (Lipinski definition) is 1. The van der Waals surface area contributed by atoms with Gasteiger partial charge < -0.3 is 5.32 Å². The van der Waals surface area contributed by atoms with Gasteiger partial charge in [-0.1, -0.05) is 66.7 Å². The summed E-state index contributed by atoms with van der Waals surface area (Å²) in [5.41, 5.74) is 3.78. The van der Waals surface area contributed by atoms with E-state index in [9.17, 15) is 0 Å². The summed E-state index contributed by atoms with van der Waals surface area (Å²) in [7, 11) is 0. The van der Waals surface area contributed by atoms with Crippen LogP contribution in [0.2, 0.25) is 0 Å². The van der Waals surface area contributed by atoms with Crippen LogP contribution in [-0.4, -0.2) is 6.04 Å². The molecular formula is C20H33N. The third-order valence-corrected chi connectivity index (χ3v) is 4.65. The Balaban J connectivity index is 2.23. The highest BCUT2D eigenvalue weighted by molar-refractivity contribution is 5.54. The van der Waals surface area contributed by atoms with Crippen molar-refractivity contribution in [1.29, 1.82) is 0 Å². The van der Waals surface area contributed by atoms with Crippen LogP contribution in [0.15, 0.2) is 24.3 Å². The number of benzene rings is 1. The lowest BCUT2D eigenvalue weighted by molar-refractivity contribution is 0.105. The summed E-state index contributed by atoms with van der Waals surface area (Å²) >= 11 is 0. The van der Waals surface area contributed by atoms with Crippen molar-refractivity contribution in [2.75, 3.05) is 5.32 Å². The van der Waals surface area contributed by atoms with Crippen molar-refractivity contribution in [2.45, 2.75) is 79.2 Å². The summed E-state index contributed by atoms with van der Waals surface area (Å²) in [6.45, 7) is 16.5. The SMILES string of the molecule is CC1(C)CC(Nc2ccccc2C(C)(C)C)CC(C)(C)C1. The van der Waals surface area contributed by atoms with Crippen LogP contribution in [0.5, 0.6) is 0 Å². The Bertz CT molecular complexity index is 475. The molecule has 0 heterocycles. The minimum atomic E-state index is 0.184. The largest absolute Gasteiger partial charge is 0.382 e. The molecule has 0 radical (unpaired) electrons. The first kappa shape index (κ1) is 16.4. The molecule has 0 aliphatic heterocycles. The van der Waals surface area contributed by atoms with Crippen LogP contribution in [0.3, 0.4) is 0 Å². The van der Waals surface area contributed by atoms with Gasteiger partial charge in [-0.15, -0.1) is 0 Å². The van der Waals surface area contributed by atoms with Crippen LogP contribution < -0.4 is 5.32 Å². The fourth-order valence-electron chi connectivity index (χ4n) is 4.43. The lowest BCUT2D eigenvalue weighted by Gasteiger charge is -2.45. The van der Waals surface area contributed by atoms with E-state index in [1.165, 1.54) is 30.5 Å². The van der Waals surface area contributed by atoms with Crippen molar-refractivity contribution in [3.8, 4) is 0 Å². The second-order valence-corrected chi connectivity index (χ2v) is 9.55. The van der Waals surface area contributed by atoms with Crippen molar-refractivity contribution in [3.05, 3.63) is 29.8 Å². The van der Waals surface area contributed by atoms with Gasteiger partial charge in [0.15, 0.2) is 0 Å². The molecule has 0 amide bonds. The predicted octanol–water partition coefficient (Wildman–Crippen LogP) is 6.00. The van der Waals surface area contributed by atoms with E-state index < -0.39 is 0 Å². The Morgan fingerprint density at radius 3 is 2.00 bits per heavy atom. The van der Waals surface area contributed by atoms with Crippen molar-refractivity contribution in [2.24, 2.45) is 10.8 Å². The minimum absolute atomic E-state index is 0.184. The molecule has 1 N–H and O–H groups in total. The van der Waals surface area contributed by atoms with Gasteiger partial charge >= 0.3 is 0 Å². The number of rotatable bonds is 2. The lowest BCUT2D eigenvalue weighted by atomic mass is 9.63. The normalized spacial score (nSPS) is 22.0. The molecule has 1 fully saturated rings. The average Bonchev–Trinajstić information content (AvgIpc) is 2.23. The van der Waals surface area contributed by atoms with E-state index in [2.05, 4.69) is 78.0 Å². The second kappa shape index (κ2) is 5.34. The molecule has 1 aliphatic carbocycles. The Morgan fingerprint density at radius 1 is 0.952 bits per heavy atom. The summed E-state index contributed by atoms with van der Waals surface area (Å²) in [6.07, 6.45) is 3.84. The highest BCUT2D eigenvalue weighted by Gasteiger charge is 2.38. The molecule has 1 nitrogen and oxygen atoms in total. The van der Waals surface area contributed by atoms with Crippen LogP contribution >= 0.6 is 0 Å². The Kier molecular flexibility index (Phi) is 4.17. The van der Waals surface area contributed by atoms with E-state index in [1.54, 1.807) is 0 Å². The second-order valence-electron chi connectivity index (χ2n) is 9.55. The van der Waals surface area contributed by atoms with Gasteiger partial charge in [0.25, 0.3) is 0 Å². The lowest BCUT2D eigenvalue weighted by Crippen LogP contribution is -2.40. The van der Waals surface area contributed by atoms with Crippen molar-refractivity contribution in [1.82, 2.24) is 0 Å². The monoisotopic (exact) mass is 287 g/mol. The van der Waals surface area contributed by atoms with Gasteiger partial charge in [-0.3, -0.25) is 0 Å². The molecule has 2 rings (SSSR count). The van der Waals surface area contributed by atoms with Gasteiger partial charge in [-0.2, -0.15) is 0 Å². The van der Waals surface area contributed by atoms with E-state index in [-0.39, 0.29) is 5.41 Å². The van der Waals surface area contributed by atoms with Gasteiger partial charge in [0, 0.05) is 11.7 Å². The van der Waals surface area contributed by atoms with E-state index in [4.69, 9.17) is 0 Å². The zero-order valence-corrected chi connectivity index (χ0v) is 15.0. The van der Waals surface area contributed by atoms with E-state index in [1.807, 2.05) is 0 Å². The van der Waals surface area contributed by atoms with Gasteiger partial charge in [-0.05, 0) is 47.1 Å². The first-order valence-corrected chi connectivity index (χ1v) is 8.35. The maximum Gasteiger partial charge on any atom is 0.0380 e. The van der Waals surface area contributed by atoms with Crippen LogP contribution in [0.4, 0.5) is 5.69 Å². The molecule has 1 aromatic carbocycles. The number of hydrogen-bond donors (Lipinski definition) is 1. The molecule has 0 saturated heterocycles. The molecule has 1 heteroatoms.